The first-order valence-electron chi connectivity index (χ1n) is 10.5. The Hall–Kier alpha value is -3.49. The van der Waals surface area contributed by atoms with Crippen LogP contribution >= 0.6 is 22.9 Å². The van der Waals surface area contributed by atoms with Gasteiger partial charge in [-0.1, -0.05) is 64.9 Å². The van der Waals surface area contributed by atoms with Gasteiger partial charge in [0.2, 0.25) is 0 Å². The van der Waals surface area contributed by atoms with Crippen molar-refractivity contribution < 1.29 is 24.2 Å². The van der Waals surface area contributed by atoms with Crippen LogP contribution < -0.4 is 4.90 Å². The van der Waals surface area contributed by atoms with E-state index in [0.29, 0.717) is 21.8 Å². The maximum atomic E-state index is 13.2. The number of benzene rings is 2. The first kappa shape index (κ1) is 23.7. The zero-order valence-corrected chi connectivity index (χ0v) is 20.2. The van der Waals surface area contributed by atoms with Crippen molar-refractivity contribution in [3.63, 3.8) is 0 Å². The highest BCUT2D eigenvalue weighted by atomic mass is 35.5. The maximum Gasteiger partial charge on any atom is 0.350 e. The average molecular weight is 497 g/mol. The third-order valence-corrected chi connectivity index (χ3v) is 6.76. The molecule has 2 heterocycles. The number of carbonyl (C=O) groups excluding carboxylic acids is 3. The second-order valence-corrected chi connectivity index (χ2v) is 9.14. The quantitative estimate of drug-likeness (QED) is 0.225. The van der Waals surface area contributed by atoms with Crippen molar-refractivity contribution in [2.45, 2.75) is 26.8 Å². The summed E-state index contributed by atoms with van der Waals surface area (Å²) in [4.78, 5) is 44.6. The Kier molecular flexibility index (Phi) is 6.54. The SMILES string of the molecule is CCOC(=O)c1sc(N2C(=O)C(=O)/C(=C(/O)c3ccc(C)cc3)C2c2cccc(Cl)c2)nc1C. The predicted molar refractivity (Wildman–Crippen MR) is 130 cm³/mol. The second-order valence-electron chi connectivity index (χ2n) is 7.72. The molecule has 9 heteroatoms. The van der Waals surface area contributed by atoms with Crippen molar-refractivity contribution in [1.29, 1.82) is 0 Å². The molecule has 1 fully saturated rings. The third kappa shape index (κ3) is 4.22. The number of aliphatic hydroxyl groups excluding tert-OH is 1. The molecule has 34 heavy (non-hydrogen) atoms. The Morgan fingerprint density at radius 3 is 2.53 bits per heavy atom. The van der Waals surface area contributed by atoms with Crippen LogP contribution in [0.3, 0.4) is 0 Å². The lowest BCUT2D eigenvalue weighted by Gasteiger charge is -2.23. The van der Waals surface area contributed by atoms with Crippen molar-refractivity contribution in [2.24, 2.45) is 0 Å². The van der Waals surface area contributed by atoms with Crippen LogP contribution in [-0.2, 0) is 14.3 Å². The number of rotatable bonds is 5. The van der Waals surface area contributed by atoms with Crippen molar-refractivity contribution in [2.75, 3.05) is 11.5 Å². The van der Waals surface area contributed by atoms with Gasteiger partial charge in [0.05, 0.1) is 23.9 Å². The lowest BCUT2D eigenvalue weighted by Crippen LogP contribution is -2.29. The van der Waals surface area contributed by atoms with Crippen LogP contribution in [0.4, 0.5) is 5.13 Å². The monoisotopic (exact) mass is 496 g/mol. The molecular formula is C25H21ClN2O5S. The van der Waals surface area contributed by atoms with Crippen molar-refractivity contribution in [1.82, 2.24) is 4.98 Å². The van der Waals surface area contributed by atoms with Gasteiger partial charge in [0, 0.05) is 10.6 Å². The minimum absolute atomic E-state index is 0.0818. The number of nitrogens with zero attached hydrogens (tertiary/aromatic N) is 2. The smallest absolute Gasteiger partial charge is 0.350 e. The molecule has 0 radical (unpaired) electrons. The number of halogens is 1. The lowest BCUT2D eigenvalue weighted by molar-refractivity contribution is -0.132. The number of hydrogen-bond acceptors (Lipinski definition) is 7. The Morgan fingerprint density at radius 1 is 1.18 bits per heavy atom. The van der Waals surface area contributed by atoms with Crippen LogP contribution in [0, 0.1) is 13.8 Å². The van der Waals surface area contributed by atoms with E-state index in [2.05, 4.69) is 4.98 Å². The molecular weight excluding hydrogens is 476 g/mol. The van der Waals surface area contributed by atoms with E-state index in [1.807, 2.05) is 6.92 Å². The number of Topliss-reactive ketones (excluding diaryl/α,β-unsaturated/α-hetero) is 1. The zero-order chi connectivity index (χ0) is 24.6. The van der Waals surface area contributed by atoms with Crippen molar-refractivity contribution in [3.8, 4) is 0 Å². The van der Waals surface area contributed by atoms with Gasteiger partial charge in [-0.3, -0.25) is 14.5 Å². The van der Waals surface area contributed by atoms with Gasteiger partial charge >= 0.3 is 11.9 Å². The van der Waals surface area contributed by atoms with Gasteiger partial charge in [-0.2, -0.15) is 0 Å². The number of aromatic nitrogens is 1. The van der Waals surface area contributed by atoms with Gasteiger partial charge in [0.1, 0.15) is 10.6 Å². The van der Waals surface area contributed by atoms with E-state index >= 15 is 0 Å². The fourth-order valence-electron chi connectivity index (χ4n) is 3.76. The Bertz CT molecular complexity index is 1330. The molecule has 1 aromatic heterocycles. The lowest BCUT2D eigenvalue weighted by atomic mass is 9.95. The molecule has 1 N–H and O–H groups in total. The molecule has 1 atom stereocenters. The van der Waals surface area contributed by atoms with Gasteiger partial charge in [-0.05, 0) is 38.5 Å². The number of ether oxygens (including phenoxy) is 1. The molecule has 0 spiro atoms. The summed E-state index contributed by atoms with van der Waals surface area (Å²) in [5.41, 5.74) is 2.20. The number of hydrogen-bond donors (Lipinski definition) is 1. The van der Waals surface area contributed by atoms with Gasteiger partial charge in [0.15, 0.2) is 5.13 Å². The van der Waals surface area contributed by atoms with Crippen molar-refractivity contribution >= 4 is 51.5 Å². The van der Waals surface area contributed by atoms with Crippen LogP contribution in [0.1, 0.15) is 45.0 Å². The number of thiazole rings is 1. The summed E-state index contributed by atoms with van der Waals surface area (Å²) >= 11 is 7.17. The fourth-order valence-corrected chi connectivity index (χ4v) is 4.95. The minimum atomic E-state index is -0.986. The van der Waals surface area contributed by atoms with Crippen LogP contribution in [-0.4, -0.2) is 34.4 Å². The highest BCUT2D eigenvalue weighted by Gasteiger charge is 2.48. The highest BCUT2D eigenvalue weighted by Crippen LogP contribution is 2.44. The molecule has 1 unspecified atom stereocenters. The highest BCUT2D eigenvalue weighted by molar-refractivity contribution is 7.17. The molecule has 7 nitrogen and oxygen atoms in total. The van der Waals surface area contributed by atoms with E-state index in [9.17, 15) is 19.5 Å². The number of aliphatic hydroxyl groups is 1. The Labute approximate surface area is 205 Å². The summed E-state index contributed by atoms with van der Waals surface area (Å²) in [7, 11) is 0. The van der Waals surface area contributed by atoms with Gasteiger partial charge in [0.25, 0.3) is 5.78 Å². The summed E-state index contributed by atoms with van der Waals surface area (Å²) in [5, 5.41) is 11.7. The van der Waals surface area contributed by atoms with E-state index in [1.54, 1.807) is 62.4 Å². The largest absolute Gasteiger partial charge is 0.507 e. The molecule has 2 aromatic carbocycles. The molecule has 0 bridgehead atoms. The van der Waals surface area contributed by atoms with Crippen LogP contribution in [0.2, 0.25) is 5.02 Å². The Balaban J connectivity index is 1.91. The van der Waals surface area contributed by atoms with E-state index in [4.69, 9.17) is 16.3 Å². The normalized spacial score (nSPS) is 17.3. The number of ketones is 1. The third-order valence-electron chi connectivity index (χ3n) is 5.39. The van der Waals surface area contributed by atoms with Crippen LogP contribution in [0.25, 0.3) is 5.76 Å². The molecule has 1 amide bonds. The topological polar surface area (TPSA) is 96.8 Å². The summed E-state index contributed by atoms with van der Waals surface area (Å²) in [6.45, 7) is 5.41. The molecule has 174 valence electrons. The van der Waals surface area contributed by atoms with Gasteiger partial charge < -0.3 is 9.84 Å². The van der Waals surface area contributed by atoms with E-state index < -0.39 is 23.7 Å². The number of amides is 1. The number of esters is 1. The number of aryl methyl sites for hydroxylation is 2. The maximum absolute atomic E-state index is 13.2. The molecule has 0 saturated carbocycles. The molecule has 1 aliphatic heterocycles. The van der Waals surface area contributed by atoms with Gasteiger partial charge in [-0.15, -0.1) is 0 Å². The average Bonchev–Trinajstić information content (AvgIpc) is 3.31. The predicted octanol–water partition coefficient (Wildman–Crippen LogP) is 5.22. The number of carbonyl (C=O) groups is 3. The fraction of sp³-hybridized carbons (Fsp3) is 0.200. The van der Waals surface area contributed by atoms with Crippen LogP contribution in [0.15, 0.2) is 54.1 Å². The molecule has 0 aliphatic carbocycles. The molecule has 3 aromatic rings. The van der Waals surface area contributed by atoms with Gasteiger partial charge in [-0.25, -0.2) is 9.78 Å². The molecule has 1 aliphatic rings. The first-order chi connectivity index (χ1) is 16.2. The summed E-state index contributed by atoms with van der Waals surface area (Å²) in [5.74, 6) is -2.57. The second kappa shape index (κ2) is 9.40. The summed E-state index contributed by atoms with van der Waals surface area (Å²) in [6, 6.07) is 12.7. The van der Waals surface area contributed by atoms with Crippen molar-refractivity contribution in [3.05, 3.63) is 86.4 Å². The van der Waals surface area contributed by atoms with E-state index in [0.717, 1.165) is 16.9 Å². The Morgan fingerprint density at radius 2 is 1.88 bits per heavy atom. The standard InChI is InChI=1S/C25H21ClN2O5S/c1-4-33-24(32)22-14(3)27-25(34-22)28-19(16-6-5-7-17(26)12-16)18(21(30)23(28)31)20(29)15-10-8-13(2)9-11-15/h5-12,19,29H,4H2,1-3H3/b20-18+. The zero-order valence-electron chi connectivity index (χ0n) is 18.7. The van der Waals surface area contributed by atoms with E-state index in [1.165, 1.54) is 4.90 Å². The number of anilines is 1. The van der Waals surface area contributed by atoms with Crippen LogP contribution in [0.5, 0.6) is 0 Å². The molecule has 1 saturated heterocycles. The van der Waals surface area contributed by atoms with E-state index in [-0.39, 0.29) is 27.9 Å². The summed E-state index contributed by atoms with van der Waals surface area (Å²) < 4.78 is 5.08. The minimum Gasteiger partial charge on any atom is -0.507 e. The first-order valence-corrected chi connectivity index (χ1v) is 11.7. The molecule has 4 rings (SSSR count). The summed E-state index contributed by atoms with van der Waals surface area (Å²) in [6.07, 6.45) is 0.